The van der Waals surface area contributed by atoms with Crippen LogP contribution in [0.5, 0.6) is 5.75 Å². The zero-order valence-corrected chi connectivity index (χ0v) is 21.9. The molecule has 3 aromatic rings. The van der Waals surface area contributed by atoms with E-state index in [2.05, 4.69) is 15.6 Å². The van der Waals surface area contributed by atoms with Crippen molar-refractivity contribution in [1.29, 1.82) is 5.41 Å². The van der Waals surface area contributed by atoms with Crippen molar-refractivity contribution in [2.24, 2.45) is 5.73 Å². The quantitative estimate of drug-likeness (QED) is 0.252. The molecule has 2 atom stereocenters. The van der Waals surface area contributed by atoms with Crippen molar-refractivity contribution in [3.8, 4) is 5.75 Å². The summed E-state index contributed by atoms with van der Waals surface area (Å²) in [6.07, 6.45) is 3.52. The number of anilines is 1. The highest BCUT2D eigenvalue weighted by atomic mass is 35.5. The Balaban J connectivity index is 1.74. The van der Waals surface area contributed by atoms with Gasteiger partial charge in [-0.2, -0.15) is 4.98 Å². The van der Waals surface area contributed by atoms with Crippen molar-refractivity contribution >= 4 is 35.1 Å². The Hall–Kier alpha value is -3.50. The fraction of sp³-hybridized carbons (Fsp3) is 0.360. The predicted octanol–water partition coefficient (Wildman–Crippen LogP) is 3.02. The summed E-state index contributed by atoms with van der Waals surface area (Å²) in [6, 6.07) is 12.0. The number of nitrogens with one attached hydrogen (secondary N) is 3. The van der Waals surface area contributed by atoms with E-state index in [4.69, 9.17) is 39.1 Å². The molecule has 0 bridgehead atoms. The minimum atomic E-state index is -0.684. The molecule has 1 aromatic heterocycles. The average Bonchev–Trinajstić information content (AvgIpc) is 2.87. The second kappa shape index (κ2) is 11.7. The molecule has 1 heterocycles. The molecular weight excluding hydrogens is 517 g/mol. The van der Waals surface area contributed by atoms with Crippen LogP contribution >= 0.6 is 23.2 Å². The lowest BCUT2D eigenvalue weighted by molar-refractivity contribution is 0.374. The van der Waals surface area contributed by atoms with Crippen LogP contribution < -0.4 is 32.5 Å². The predicted molar refractivity (Wildman–Crippen MR) is 145 cm³/mol. The monoisotopic (exact) mass is 545 g/mol. The Morgan fingerprint density at radius 3 is 2.32 bits per heavy atom. The highest BCUT2D eigenvalue weighted by Crippen LogP contribution is 2.23. The van der Waals surface area contributed by atoms with E-state index in [-0.39, 0.29) is 37.1 Å². The van der Waals surface area contributed by atoms with Gasteiger partial charge < -0.3 is 21.1 Å². The smallest absolute Gasteiger partial charge is 0.355 e. The van der Waals surface area contributed by atoms with Gasteiger partial charge in [-0.3, -0.25) is 9.98 Å². The van der Waals surface area contributed by atoms with E-state index in [0.717, 1.165) is 35.8 Å². The van der Waals surface area contributed by atoms with Gasteiger partial charge in [-0.15, -0.1) is 0 Å². The number of nitrogens with two attached hydrogens (primary N) is 1. The van der Waals surface area contributed by atoms with Crippen molar-refractivity contribution in [1.82, 2.24) is 19.4 Å². The van der Waals surface area contributed by atoms with E-state index >= 15 is 0 Å². The number of nitrogens with zero attached hydrogens (tertiary/aromatic N) is 3. The Morgan fingerprint density at radius 1 is 1.03 bits per heavy atom. The molecule has 1 fully saturated rings. The fourth-order valence-electron chi connectivity index (χ4n) is 4.49. The summed E-state index contributed by atoms with van der Waals surface area (Å²) < 4.78 is 7.75. The molecule has 0 unspecified atom stereocenters. The first-order chi connectivity index (χ1) is 17.7. The molecule has 0 amide bonds. The molecule has 12 heteroatoms. The van der Waals surface area contributed by atoms with Crippen molar-refractivity contribution in [3.05, 3.63) is 84.6 Å². The van der Waals surface area contributed by atoms with Crippen molar-refractivity contribution in [3.63, 3.8) is 0 Å². The third kappa shape index (κ3) is 6.44. The number of halogens is 2. The lowest BCUT2D eigenvalue weighted by Gasteiger charge is -2.33. The minimum Gasteiger partial charge on any atom is -0.497 e. The summed E-state index contributed by atoms with van der Waals surface area (Å²) in [4.78, 5) is 31.0. The summed E-state index contributed by atoms with van der Waals surface area (Å²) in [6.45, 7) is 0.166. The lowest BCUT2D eigenvalue weighted by Crippen LogP contribution is -2.52. The average molecular weight is 546 g/mol. The Labute approximate surface area is 223 Å². The molecule has 1 saturated carbocycles. The fourth-order valence-corrected chi connectivity index (χ4v) is 4.81. The second-order valence-corrected chi connectivity index (χ2v) is 9.78. The first-order valence-corrected chi connectivity index (χ1v) is 12.7. The topological polar surface area (TPSA) is 140 Å². The van der Waals surface area contributed by atoms with E-state index < -0.39 is 11.4 Å². The zero-order valence-electron chi connectivity index (χ0n) is 20.3. The van der Waals surface area contributed by atoms with Gasteiger partial charge >= 0.3 is 11.4 Å². The molecule has 0 radical (unpaired) electrons. The van der Waals surface area contributed by atoms with E-state index in [1.807, 2.05) is 12.1 Å². The second-order valence-electron chi connectivity index (χ2n) is 8.97. The Bertz CT molecular complexity index is 1390. The first kappa shape index (κ1) is 26.6. The number of benzene rings is 2. The van der Waals surface area contributed by atoms with Gasteiger partial charge in [0.05, 0.1) is 30.2 Å². The van der Waals surface area contributed by atoms with Crippen LogP contribution in [0.2, 0.25) is 10.0 Å². The van der Waals surface area contributed by atoms with Gasteiger partial charge in [0.15, 0.2) is 5.96 Å². The standard InChI is InChI=1S/C25H29Cl2N7O3/c1-37-17-9-6-15(7-10-17)13-33-23(31-21-5-3-2-4-20(21)30-22(28)29)32-24(35)34(25(33)36)14-16-8-11-18(26)19(27)12-16/h6-12,20-21H,2-5,13-14H2,1H3,(H4,28,29,30)(H,31,32,35)/t20-,21-/m0/s1. The van der Waals surface area contributed by atoms with Crippen LogP contribution in [0, 0.1) is 5.41 Å². The van der Waals surface area contributed by atoms with Crippen LogP contribution in [-0.2, 0) is 13.1 Å². The maximum absolute atomic E-state index is 13.7. The Kier molecular flexibility index (Phi) is 8.40. The summed E-state index contributed by atoms with van der Waals surface area (Å²) in [5.41, 5.74) is 5.86. The number of rotatable bonds is 8. The molecular formula is C25H29Cl2N7O3. The van der Waals surface area contributed by atoms with Crippen LogP contribution in [0.25, 0.3) is 0 Å². The van der Waals surface area contributed by atoms with Gasteiger partial charge in [0, 0.05) is 12.1 Å². The molecule has 1 aliphatic carbocycles. The van der Waals surface area contributed by atoms with E-state index in [1.54, 1.807) is 37.4 Å². The van der Waals surface area contributed by atoms with Gasteiger partial charge in [-0.05, 0) is 48.2 Å². The molecule has 37 heavy (non-hydrogen) atoms. The third-order valence-corrected chi connectivity index (χ3v) is 7.13. The number of aromatic nitrogens is 3. The van der Waals surface area contributed by atoms with Crippen LogP contribution in [0.15, 0.2) is 52.1 Å². The number of hydrogen-bond donors (Lipinski definition) is 4. The summed E-state index contributed by atoms with van der Waals surface area (Å²) in [5.74, 6) is 0.732. The maximum atomic E-state index is 13.7. The van der Waals surface area contributed by atoms with Crippen molar-refractivity contribution in [2.75, 3.05) is 12.4 Å². The molecule has 0 spiro atoms. The first-order valence-electron chi connectivity index (χ1n) is 11.9. The van der Waals surface area contributed by atoms with E-state index in [0.29, 0.717) is 21.4 Å². The molecule has 10 nitrogen and oxygen atoms in total. The summed E-state index contributed by atoms with van der Waals surface area (Å²) >= 11 is 12.2. The molecule has 5 N–H and O–H groups in total. The molecule has 1 aliphatic rings. The van der Waals surface area contributed by atoms with E-state index in [9.17, 15) is 9.59 Å². The van der Waals surface area contributed by atoms with Crippen LogP contribution in [0.4, 0.5) is 5.95 Å². The highest BCUT2D eigenvalue weighted by Gasteiger charge is 2.27. The number of hydrogen-bond acceptors (Lipinski definition) is 6. The van der Waals surface area contributed by atoms with Gasteiger partial charge in [0.25, 0.3) is 0 Å². The van der Waals surface area contributed by atoms with Gasteiger partial charge in [0.1, 0.15) is 5.75 Å². The lowest BCUT2D eigenvalue weighted by atomic mass is 9.90. The minimum absolute atomic E-state index is 0.0115. The van der Waals surface area contributed by atoms with Gasteiger partial charge in [-0.1, -0.05) is 54.2 Å². The maximum Gasteiger partial charge on any atom is 0.355 e. The molecule has 2 aromatic carbocycles. The number of guanidine groups is 1. The third-order valence-electron chi connectivity index (χ3n) is 6.40. The summed E-state index contributed by atoms with van der Waals surface area (Å²) in [5, 5.41) is 14.6. The van der Waals surface area contributed by atoms with Crippen LogP contribution in [0.3, 0.4) is 0 Å². The van der Waals surface area contributed by atoms with Crippen molar-refractivity contribution < 1.29 is 4.74 Å². The SMILES string of the molecule is COc1ccc(Cn2c(N[C@H]3CCCC[C@@H]3NC(=N)N)nc(=O)n(Cc3ccc(Cl)c(Cl)c3)c2=O)cc1. The molecule has 196 valence electrons. The van der Waals surface area contributed by atoms with Crippen LogP contribution in [-0.4, -0.2) is 39.3 Å². The Morgan fingerprint density at radius 2 is 1.68 bits per heavy atom. The zero-order chi connectivity index (χ0) is 26.5. The van der Waals surface area contributed by atoms with Crippen molar-refractivity contribution in [2.45, 2.75) is 50.9 Å². The number of ether oxygens (including phenoxy) is 1. The highest BCUT2D eigenvalue weighted by molar-refractivity contribution is 6.42. The largest absolute Gasteiger partial charge is 0.497 e. The molecule has 4 rings (SSSR count). The van der Waals surface area contributed by atoms with E-state index in [1.165, 1.54) is 4.57 Å². The number of methoxy groups -OCH3 is 1. The van der Waals surface area contributed by atoms with Gasteiger partial charge in [-0.25, -0.2) is 14.2 Å². The molecule has 0 aliphatic heterocycles. The van der Waals surface area contributed by atoms with Crippen LogP contribution in [0.1, 0.15) is 36.8 Å². The summed E-state index contributed by atoms with van der Waals surface area (Å²) in [7, 11) is 1.58. The molecule has 0 saturated heterocycles. The normalized spacial score (nSPS) is 17.3. The van der Waals surface area contributed by atoms with Gasteiger partial charge in [0.2, 0.25) is 5.95 Å².